The van der Waals surface area contributed by atoms with Gasteiger partial charge in [-0.25, -0.2) is 0 Å². The first-order valence-electron chi connectivity index (χ1n) is 6.77. The molecule has 1 unspecified atom stereocenters. The van der Waals surface area contributed by atoms with Gasteiger partial charge in [0.25, 0.3) is 0 Å². The molecule has 3 rings (SSSR count). The summed E-state index contributed by atoms with van der Waals surface area (Å²) in [5.41, 5.74) is 1.06. The molecule has 1 aromatic heterocycles. The molecule has 2 aliphatic rings. The second kappa shape index (κ2) is 5.19. The molecule has 2 fully saturated rings. The number of fused-ring (bicyclic) bond motifs is 1. The highest BCUT2D eigenvalue weighted by Gasteiger charge is 2.27. The molecule has 0 aromatic carbocycles. The Bertz CT molecular complexity index is 338. The zero-order valence-corrected chi connectivity index (χ0v) is 10.3. The van der Waals surface area contributed by atoms with Crippen LogP contribution in [0.4, 0.5) is 0 Å². The summed E-state index contributed by atoms with van der Waals surface area (Å²) in [5.74, 6) is 0. The summed E-state index contributed by atoms with van der Waals surface area (Å²) >= 11 is 0. The van der Waals surface area contributed by atoms with Crippen LogP contribution in [0.5, 0.6) is 0 Å². The summed E-state index contributed by atoms with van der Waals surface area (Å²) < 4.78 is 4.91. The Morgan fingerprint density at radius 2 is 2.18 bits per heavy atom. The highest BCUT2D eigenvalue weighted by molar-refractivity contribution is 4.96. The van der Waals surface area contributed by atoms with Gasteiger partial charge in [0, 0.05) is 25.2 Å². The van der Waals surface area contributed by atoms with Crippen molar-refractivity contribution >= 4 is 0 Å². The van der Waals surface area contributed by atoms with E-state index in [0.717, 1.165) is 18.3 Å². The Kier molecular flexibility index (Phi) is 3.43. The van der Waals surface area contributed by atoms with E-state index in [-0.39, 0.29) is 0 Å². The minimum Gasteiger partial charge on any atom is -0.364 e. The molecule has 0 amide bonds. The van der Waals surface area contributed by atoms with Crippen molar-refractivity contribution in [1.82, 2.24) is 15.0 Å². The highest BCUT2D eigenvalue weighted by Crippen LogP contribution is 2.21. The van der Waals surface area contributed by atoms with Crippen molar-refractivity contribution in [3.8, 4) is 0 Å². The molecule has 0 spiro atoms. The second-order valence-corrected chi connectivity index (χ2v) is 5.27. The predicted molar refractivity (Wildman–Crippen MR) is 65.6 cm³/mol. The molecule has 1 aromatic rings. The molecule has 4 heteroatoms. The van der Waals surface area contributed by atoms with Gasteiger partial charge in [-0.1, -0.05) is 11.6 Å². The van der Waals surface area contributed by atoms with Gasteiger partial charge in [-0.15, -0.1) is 0 Å². The van der Waals surface area contributed by atoms with Gasteiger partial charge >= 0.3 is 0 Å². The number of hydrogen-bond donors (Lipinski definition) is 0. The molecule has 0 aliphatic carbocycles. The zero-order chi connectivity index (χ0) is 11.5. The normalized spacial score (nSPS) is 27.6. The summed E-state index contributed by atoms with van der Waals surface area (Å²) in [5, 5.41) is 4.01. The van der Waals surface area contributed by atoms with Crippen LogP contribution in [0.2, 0.25) is 0 Å². The first-order valence-corrected chi connectivity index (χ1v) is 6.77. The van der Waals surface area contributed by atoms with Gasteiger partial charge in [-0.2, -0.15) is 0 Å². The lowest BCUT2D eigenvalue weighted by Gasteiger charge is -2.35. The largest absolute Gasteiger partial charge is 0.364 e. The fourth-order valence-corrected chi connectivity index (χ4v) is 3.14. The van der Waals surface area contributed by atoms with Gasteiger partial charge in [-0.05, 0) is 38.9 Å². The van der Waals surface area contributed by atoms with Crippen LogP contribution in [-0.4, -0.2) is 47.2 Å². The highest BCUT2D eigenvalue weighted by atomic mass is 16.5. The Balaban J connectivity index is 1.62. The molecule has 17 heavy (non-hydrogen) atoms. The van der Waals surface area contributed by atoms with E-state index in [0.29, 0.717) is 0 Å². The van der Waals surface area contributed by atoms with Crippen LogP contribution < -0.4 is 0 Å². The van der Waals surface area contributed by atoms with Crippen molar-refractivity contribution in [2.75, 3.05) is 26.2 Å². The van der Waals surface area contributed by atoms with E-state index in [4.69, 9.17) is 4.52 Å². The molecule has 2 saturated heterocycles. The van der Waals surface area contributed by atoms with Crippen molar-refractivity contribution in [2.24, 2.45) is 0 Å². The van der Waals surface area contributed by atoms with E-state index in [1.807, 2.05) is 6.07 Å². The van der Waals surface area contributed by atoms with E-state index in [2.05, 4.69) is 15.0 Å². The van der Waals surface area contributed by atoms with Crippen LogP contribution in [0, 0.1) is 0 Å². The summed E-state index contributed by atoms with van der Waals surface area (Å²) in [4.78, 5) is 5.22. The van der Waals surface area contributed by atoms with Crippen LogP contribution in [0.25, 0.3) is 0 Å². The lowest BCUT2D eigenvalue weighted by Crippen LogP contribution is -2.43. The summed E-state index contributed by atoms with van der Waals surface area (Å²) in [6, 6.07) is 2.75. The molecule has 1 atom stereocenters. The lowest BCUT2D eigenvalue weighted by molar-refractivity contribution is 0.134. The quantitative estimate of drug-likeness (QED) is 0.781. The molecule has 0 saturated carbocycles. The standard InChI is InChI=1S/C13H21N3O/c1-2-7-16-8-3-6-15(11-13(16)4-1)10-12-5-9-17-14-12/h5,9,13H,1-4,6-8,10-11H2. The Labute approximate surface area is 103 Å². The van der Waals surface area contributed by atoms with E-state index in [1.54, 1.807) is 6.26 Å². The Morgan fingerprint density at radius 3 is 3.06 bits per heavy atom. The van der Waals surface area contributed by atoms with Crippen molar-refractivity contribution < 1.29 is 4.52 Å². The first kappa shape index (κ1) is 11.2. The van der Waals surface area contributed by atoms with Crippen molar-refractivity contribution in [3.63, 3.8) is 0 Å². The molecule has 3 heterocycles. The molecule has 4 nitrogen and oxygen atoms in total. The summed E-state index contributed by atoms with van der Waals surface area (Å²) in [7, 11) is 0. The fraction of sp³-hybridized carbons (Fsp3) is 0.769. The van der Waals surface area contributed by atoms with Gasteiger partial charge < -0.3 is 4.52 Å². The van der Waals surface area contributed by atoms with Gasteiger partial charge in [0.2, 0.25) is 0 Å². The average Bonchev–Trinajstić information content (AvgIpc) is 2.76. The number of rotatable bonds is 2. The molecular weight excluding hydrogens is 214 g/mol. The fourth-order valence-electron chi connectivity index (χ4n) is 3.14. The monoisotopic (exact) mass is 235 g/mol. The van der Waals surface area contributed by atoms with Gasteiger partial charge in [0.05, 0.1) is 5.69 Å². The average molecular weight is 235 g/mol. The van der Waals surface area contributed by atoms with E-state index < -0.39 is 0 Å². The van der Waals surface area contributed by atoms with Crippen LogP contribution >= 0.6 is 0 Å². The number of aromatic nitrogens is 1. The van der Waals surface area contributed by atoms with Gasteiger partial charge in [0.1, 0.15) is 6.26 Å². The Morgan fingerprint density at radius 1 is 1.24 bits per heavy atom. The minimum atomic E-state index is 0.776. The van der Waals surface area contributed by atoms with E-state index in [1.165, 1.54) is 51.9 Å². The molecular formula is C13H21N3O. The molecule has 0 radical (unpaired) electrons. The SMILES string of the molecule is c1cc(CN2CCCN3CCCCC3C2)no1. The van der Waals surface area contributed by atoms with Crippen LogP contribution in [0.15, 0.2) is 16.9 Å². The maximum Gasteiger partial charge on any atom is 0.124 e. The van der Waals surface area contributed by atoms with Crippen molar-refractivity contribution in [1.29, 1.82) is 0 Å². The van der Waals surface area contributed by atoms with Gasteiger partial charge in [-0.3, -0.25) is 9.80 Å². The summed E-state index contributed by atoms with van der Waals surface area (Å²) in [6.45, 7) is 5.93. The molecule has 94 valence electrons. The lowest BCUT2D eigenvalue weighted by atomic mass is 10.0. The first-order chi connectivity index (χ1) is 8.42. The maximum atomic E-state index is 4.91. The molecule has 0 N–H and O–H groups in total. The number of piperidine rings is 1. The maximum absolute atomic E-state index is 4.91. The van der Waals surface area contributed by atoms with Gasteiger partial charge in [0.15, 0.2) is 0 Å². The van der Waals surface area contributed by atoms with E-state index in [9.17, 15) is 0 Å². The summed E-state index contributed by atoms with van der Waals surface area (Å²) in [6.07, 6.45) is 7.11. The van der Waals surface area contributed by atoms with Crippen molar-refractivity contribution in [3.05, 3.63) is 18.0 Å². The minimum absolute atomic E-state index is 0.776. The predicted octanol–water partition coefficient (Wildman–Crippen LogP) is 1.73. The second-order valence-electron chi connectivity index (χ2n) is 5.27. The zero-order valence-electron chi connectivity index (χ0n) is 10.3. The number of nitrogens with zero attached hydrogens (tertiary/aromatic N) is 3. The topological polar surface area (TPSA) is 32.5 Å². The molecule has 0 bridgehead atoms. The smallest absolute Gasteiger partial charge is 0.124 e. The third kappa shape index (κ3) is 2.69. The molecule has 2 aliphatic heterocycles. The van der Waals surface area contributed by atoms with Crippen molar-refractivity contribution in [2.45, 2.75) is 38.3 Å². The van der Waals surface area contributed by atoms with Crippen LogP contribution in [0.3, 0.4) is 0 Å². The Hall–Kier alpha value is -0.870. The van der Waals surface area contributed by atoms with Crippen LogP contribution in [-0.2, 0) is 6.54 Å². The van der Waals surface area contributed by atoms with Crippen LogP contribution in [0.1, 0.15) is 31.4 Å². The van der Waals surface area contributed by atoms with E-state index >= 15 is 0 Å². The third-order valence-electron chi connectivity index (χ3n) is 4.01. The number of hydrogen-bond acceptors (Lipinski definition) is 4. The third-order valence-corrected chi connectivity index (χ3v) is 4.01.